The van der Waals surface area contributed by atoms with Crippen LogP contribution >= 0.6 is 0 Å². The second kappa shape index (κ2) is 12.4. The highest BCUT2D eigenvalue weighted by molar-refractivity contribution is 6.05. The van der Waals surface area contributed by atoms with Crippen molar-refractivity contribution in [2.75, 3.05) is 51.5 Å². The highest BCUT2D eigenvalue weighted by Gasteiger charge is 2.47. The average Bonchev–Trinajstić information content (AvgIpc) is 3.59. The van der Waals surface area contributed by atoms with Crippen LogP contribution in [-0.2, 0) is 32.2 Å². The molecule has 0 aliphatic carbocycles. The fourth-order valence-electron chi connectivity index (χ4n) is 8.12. The Balaban J connectivity index is 0.943. The Kier molecular flexibility index (Phi) is 8.00. The van der Waals surface area contributed by atoms with E-state index >= 15 is 4.39 Å². The molecule has 2 aromatic carbocycles. The molecule has 3 amide bonds. The minimum Gasteiger partial charge on any atom is -0.489 e. The van der Waals surface area contributed by atoms with Gasteiger partial charge in [0.25, 0.3) is 5.91 Å². The predicted octanol–water partition coefficient (Wildman–Crippen LogP) is 2.82. The number of halogens is 1. The molecule has 8 rings (SSSR count). The molecule has 0 saturated carbocycles. The molecule has 1 N–H and O–H groups in total. The monoisotopic (exact) mass is 658 g/mol. The molecule has 13 heteroatoms. The van der Waals surface area contributed by atoms with Gasteiger partial charge < -0.3 is 24.0 Å². The maximum atomic E-state index is 15.5. The van der Waals surface area contributed by atoms with Gasteiger partial charge in [-0.05, 0) is 67.1 Å². The maximum absolute atomic E-state index is 15.5. The summed E-state index contributed by atoms with van der Waals surface area (Å²) in [6, 6.07) is 8.27. The van der Waals surface area contributed by atoms with Crippen molar-refractivity contribution in [3.63, 3.8) is 0 Å². The van der Waals surface area contributed by atoms with E-state index in [1.165, 1.54) is 4.90 Å². The van der Waals surface area contributed by atoms with Crippen LogP contribution in [0.3, 0.4) is 0 Å². The molecule has 48 heavy (non-hydrogen) atoms. The fraction of sp³-hybridized carbons (Fsp3) is 0.514. The molecule has 5 aliphatic heterocycles. The predicted molar refractivity (Wildman–Crippen MR) is 172 cm³/mol. The first kappa shape index (κ1) is 31.1. The van der Waals surface area contributed by atoms with E-state index < -0.39 is 11.9 Å². The molecule has 1 aromatic heterocycles. The van der Waals surface area contributed by atoms with Crippen LogP contribution in [-0.4, -0.2) is 102 Å². The van der Waals surface area contributed by atoms with E-state index in [0.29, 0.717) is 60.8 Å². The number of nitrogens with one attached hydrogen (secondary N) is 1. The number of amides is 3. The third-order valence-electron chi connectivity index (χ3n) is 10.7. The number of benzene rings is 2. The number of aromatic nitrogens is 2. The van der Waals surface area contributed by atoms with Crippen LogP contribution in [0.1, 0.15) is 53.6 Å². The van der Waals surface area contributed by atoms with Gasteiger partial charge in [0.2, 0.25) is 17.8 Å². The number of piperidine rings is 1. The summed E-state index contributed by atoms with van der Waals surface area (Å²) in [7, 11) is 1.67. The molecule has 12 nitrogen and oxygen atoms in total. The lowest BCUT2D eigenvalue weighted by molar-refractivity contribution is -0.136. The summed E-state index contributed by atoms with van der Waals surface area (Å²) in [5.74, 6) is -0.0217. The number of hydrogen-bond donors (Lipinski definition) is 1. The Hall–Kier alpha value is -4.20. The Morgan fingerprint density at radius 3 is 2.73 bits per heavy atom. The van der Waals surface area contributed by atoms with Gasteiger partial charge in [-0.3, -0.25) is 24.6 Å². The molecule has 0 unspecified atom stereocenters. The van der Waals surface area contributed by atoms with Crippen LogP contribution in [0.2, 0.25) is 0 Å². The molecule has 3 aromatic rings. The minimum atomic E-state index is -0.667. The van der Waals surface area contributed by atoms with Gasteiger partial charge in [-0.25, -0.2) is 14.4 Å². The van der Waals surface area contributed by atoms with Gasteiger partial charge in [-0.1, -0.05) is 0 Å². The fourth-order valence-corrected chi connectivity index (χ4v) is 8.12. The molecule has 6 heterocycles. The van der Waals surface area contributed by atoms with Gasteiger partial charge in [0.15, 0.2) is 0 Å². The number of methoxy groups -OCH3 is 1. The Morgan fingerprint density at radius 2 is 1.96 bits per heavy atom. The van der Waals surface area contributed by atoms with Gasteiger partial charge in [-0.15, -0.1) is 0 Å². The maximum Gasteiger partial charge on any atom is 0.255 e. The molecular weight excluding hydrogens is 619 g/mol. The van der Waals surface area contributed by atoms with Crippen LogP contribution in [0.5, 0.6) is 5.75 Å². The van der Waals surface area contributed by atoms with Gasteiger partial charge in [0.05, 0.1) is 6.61 Å². The van der Waals surface area contributed by atoms with Crippen LogP contribution in [0.4, 0.5) is 10.3 Å². The van der Waals surface area contributed by atoms with Gasteiger partial charge in [0, 0.05) is 88.1 Å². The average molecular weight is 659 g/mol. The van der Waals surface area contributed by atoms with E-state index in [1.807, 2.05) is 12.1 Å². The van der Waals surface area contributed by atoms with Crippen LogP contribution in [0.15, 0.2) is 36.5 Å². The molecule has 5 aliphatic rings. The summed E-state index contributed by atoms with van der Waals surface area (Å²) < 4.78 is 33.1. The molecule has 4 saturated heterocycles. The number of hydrogen-bond acceptors (Lipinski definition) is 10. The summed E-state index contributed by atoms with van der Waals surface area (Å²) in [5, 5.41) is 3.01. The highest BCUT2D eigenvalue weighted by Crippen LogP contribution is 2.41. The summed E-state index contributed by atoms with van der Waals surface area (Å²) in [4.78, 5) is 52.5. The van der Waals surface area contributed by atoms with Crippen LogP contribution in [0.25, 0.3) is 10.9 Å². The van der Waals surface area contributed by atoms with Crippen molar-refractivity contribution < 1.29 is 33.0 Å². The van der Waals surface area contributed by atoms with E-state index in [-0.39, 0.29) is 48.2 Å². The first-order valence-corrected chi connectivity index (χ1v) is 16.8. The quantitative estimate of drug-likeness (QED) is 0.361. The van der Waals surface area contributed by atoms with Crippen LogP contribution < -0.4 is 15.0 Å². The topological polar surface area (TPSA) is 126 Å². The summed E-state index contributed by atoms with van der Waals surface area (Å²) in [6.45, 7) is 4.97. The lowest BCUT2D eigenvalue weighted by Crippen LogP contribution is -2.63. The smallest absolute Gasteiger partial charge is 0.255 e. The van der Waals surface area contributed by atoms with Crippen molar-refractivity contribution in [2.45, 2.75) is 62.9 Å². The number of imide groups is 1. The number of carbonyl (C=O) groups is 3. The number of nitrogens with zero attached hydrogens (tertiary/aromatic N) is 5. The molecule has 4 fully saturated rings. The zero-order valence-corrected chi connectivity index (χ0v) is 27.0. The third kappa shape index (κ3) is 5.57. The molecule has 0 radical (unpaired) electrons. The van der Waals surface area contributed by atoms with Crippen molar-refractivity contribution in [3.8, 4) is 5.75 Å². The summed E-state index contributed by atoms with van der Waals surface area (Å²) >= 11 is 0. The summed E-state index contributed by atoms with van der Waals surface area (Å²) in [6.07, 6.45) is 5.04. The first-order valence-electron chi connectivity index (χ1n) is 16.8. The normalized spacial score (nSPS) is 25.5. The summed E-state index contributed by atoms with van der Waals surface area (Å²) in [5.41, 5.74) is 2.53. The van der Waals surface area contributed by atoms with Gasteiger partial charge in [0.1, 0.15) is 29.2 Å². The van der Waals surface area contributed by atoms with Gasteiger partial charge >= 0.3 is 0 Å². The van der Waals surface area contributed by atoms with Crippen molar-refractivity contribution in [1.82, 2.24) is 25.1 Å². The van der Waals surface area contributed by atoms with Crippen molar-refractivity contribution >= 4 is 34.6 Å². The number of anilines is 1. The van der Waals surface area contributed by atoms with E-state index in [1.54, 1.807) is 31.5 Å². The number of carbonyl (C=O) groups excluding carboxylic acids is 3. The van der Waals surface area contributed by atoms with E-state index in [4.69, 9.17) is 14.2 Å². The second-order valence-corrected chi connectivity index (χ2v) is 13.7. The van der Waals surface area contributed by atoms with Crippen LogP contribution in [0, 0.1) is 11.7 Å². The molecule has 252 valence electrons. The lowest BCUT2D eigenvalue weighted by Gasteiger charge is -2.54. The largest absolute Gasteiger partial charge is 0.489 e. The molecule has 3 atom stereocenters. The van der Waals surface area contributed by atoms with E-state index in [2.05, 4.69) is 25.1 Å². The Morgan fingerprint density at radius 1 is 1.10 bits per heavy atom. The van der Waals surface area contributed by atoms with Crippen molar-refractivity contribution in [2.24, 2.45) is 5.92 Å². The zero-order valence-electron chi connectivity index (χ0n) is 27.0. The van der Waals surface area contributed by atoms with Crippen molar-refractivity contribution in [1.29, 1.82) is 0 Å². The molecule has 0 bridgehead atoms. The Bertz CT molecular complexity index is 1780. The third-order valence-corrected chi connectivity index (χ3v) is 10.7. The standard InChI is InChI=1S/C35H39FN6O6/c1-46-20-24-17-40(16-21-12-22-15-37-34(39-31(22)27(36)13-21)42-9-6-35(42)7-10-47-11-8-35)19-29(24)48-25-2-3-26-23(14-25)18-41(33(26)45)28-4-5-30(43)38-32(28)44/h2-3,12-15,24,28-29H,4-11,16-20H2,1H3,(H,38,43,44)/t24-,28-,29+/m0/s1. The lowest BCUT2D eigenvalue weighted by atomic mass is 9.78. The number of likely N-dealkylation sites (tertiary alicyclic amines) is 1. The van der Waals surface area contributed by atoms with E-state index in [9.17, 15) is 14.4 Å². The second-order valence-electron chi connectivity index (χ2n) is 13.7. The number of ether oxygens (including phenoxy) is 3. The first-order chi connectivity index (χ1) is 23.3. The van der Waals surface area contributed by atoms with Crippen molar-refractivity contribution in [3.05, 3.63) is 59.0 Å². The zero-order chi connectivity index (χ0) is 33.0. The molecular formula is C35H39FN6O6. The highest BCUT2D eigenvalue weighted by atomic mass is 19.1. The molecule has 1 spiro atoms. The number of rotatable bonds is 8. The Labute approximate surface area is 277 Å². The van der Waals surface area contributed by atoms with E-state index in [0.717, 1.165) is 50.1 Å². The SMILES string of the molecule is COC[C@@H]1CN(Cc2cc(F)c3nc(N4CCC45CCOCC5)ncc3c2)C[C@H]1Oc1ccc2c(c1)CN([C@H]1CCC(=O)NC1=O)C2=O. The minimum absolute atomic E-state index is 0.0306. The van der Waals surface area contributed by atoms with Gasteiger partial charge in [-0.2, -0.15) is 0 Å². The number of fused-ring (bicyclic) bond motifs is 2.